The molecule has 1 aromatic carbocycles. The maximum atomic E-state index is 10.8. The molecule has 0 bridgehead atoms. The van der Waals surface area contributed by atoms with E-state index in [9.17, 15) is 15.3 Å². The molecule has 0 saturated heterocycles. The predicted octanol–water partition coefficient (Wildman–Crippen LogP) is 1.60. The van der Waals surface area contributed by atoms with Crippen LogP contribution in [0.5, 0.6) is 0 Å². The van der Waals surface area contributed by atoms with Gasteiger partial charge in [-0.2, -0.15) is 0 Å². The predicted molar refractivity (Wildman–Crippen MR) is 70.3 cm³/mol. The smallest absolute Gasteiger partial charge is 0.139 e. The summed E-state index contributed by atoms with van der Waals surface area (Å²) in [4.78, 5) is 0. The van der Waals surface area contributed by atoms with Crippen LogP contribution in [0.2, 0.25) is 0 Å². The summed E-state index contributed by atoms with van der Waals surface area (Å²) in [5.41, 5.74) is 1.41. The van der Waals surface area contributed by atoms with Crippen molar-refractivity contribution in [1.82, 2.24) is 0 Å². The lowest BCUT2D eigenvalue weighted by Gasteiger charge is -2.42. The summed E-state index contributed by atoms with van der Waals surface area (Å²) < 4.78 is 0. The third-order valence-electron chi connectivity index (χ3n) is 3.94. The minimum absolute atomic E-state index is 0.183. The van der Waals surface area contributed by atoms with E-state index < -0.39 is 11.7 Å². The van der Waals surface area contributed by atoms with E-state index in [2.05, 4.69) is 6.58 Å². The van der Waals surface area contributed by atoms with Crippen LogP contribution in [-0.2, 0) is 5.60 Å². The van der Waals surface area contributed by atoms with Crippen LogP contribution in [0.25, 0.3) is 0 Å². The lowest BCUT2D eigenvalue weighted by molar-refractivity contribution is -0.0713. The summed E-state index contributed by atoms with van der Waals surface area (Å²) in [6.07, 6.45) is -0.465. The number of hydrogen-bond acceptors (Lipinski definition) is 3. The minimum Gasteiger partial charge on any atom is -0.392 e. The molecule has 98 valence electrons. The second kappa shape index (κ2) is 4.50. The quantitative estimate of drug-likeness (QED) is 0.697. The first-order valence-electron chi connectivity index (χ1n) is 6.21. The molecule has 0 spiro atoms. The molecular formula is C15H20O3. The van der Waals surface area contributed by atoms with Crippen molar-refractivity contribution in [3.8, 4) is 0 Å². The summed E-state index contributed by atoms with van der Waals surface area (Å²) in [7, 11) is 0. The number of aliphatic hydroxyl groups excluding tert-OH is 2. The molecule has 3 unspecified atom stereocenters. The Morgan fingerprint density at radius 1 is 1.50 bits per heavy atom. The third kappa shape index (κ3) is 1.79. The first kappa shape index (κ1) is 13.3. The zero-order chi connectivity index (χ0) is 13.5. The molecule has 3 nitrogen and oxygen atoms in total. The highest BCUT2D eigenvalue weighted by molar-refractivity contribution is 5.46. The van der Waals surface area contributed by atoms with Crippen LogP contribution in [0.3, 0.4) is 0 Å². The Kier molecular flexibility index (Phi) is 3.32. The fourth-order valence-electron chi connectivity index (χ4n) is 2.79. The number of hydrogen-bond donors (Lipinski definition) is 3. The van der Waals surface area contributed by atoms with Gasteiger partial charge in [-0.3, -0.25) is 0 Å². The average molecular weight is 248 g/mol. The van der Waals surface area contributed by atoms with Gasteiger partial charge in [-0.1, -0.05) is 37.3 Å². The lowest BCUT2D eigenvalue weighted by atomic mass is 9.69. The van der Waals surface area contributed by atoms with Crippen molar-refractivity contribution in [2.24, 2.45) is 0 Å². The standard InChI is InChI=1S/C15H20O3/c1-9-4-5-12-10(2)7-14(17)15(18,11(3)8-16)13(12)6-9/h4-6,10,14,16-18H,3,7-8H2,1-2H3. The summed E-state index contributed by atoms with van der Waals surface area (Å²) in [5, 5.41) is 30.3. The van der Waals surface area contributed by atoms with Gasteiger partial charge in [0.2, 0.25) is 0 Å². The number of aliphatic hydroxyl groups is 3. The number of fused-ring (bicyclic) bond motifs is 1. The molecule has 1 aromatic rings. The van der Waals surface area contributed by atoms with Gasteiger partial charge in [-0.25, -0.2) is 0 Å². The molecule has 3 atom stereocenters. The van der Waals surface area contributed by atoms with Gasteiger partial charge in [0.25, 0.3) is 0 Å². The second-order valence-electron chi connectivity index (χ2n) is 5.27. The highest BCUT2D eigenvalue weighted by Gasteiger charge is 2.45. The first-order chi connectivity index (χ1) is 8.41. The van der Waals surface area contributed by atoms with Gasteiger partial charge in [0, 0.05) is 0 Å². The Morgan fingerprint density at radius 3 is 2.78 bits per heavy atom. The fraction of sp³-hybridized carbons (Fsp3) is 0.467. The molecule has 1 aliphatic carbocycles. The van der Waals surface area contributed by atoms with Crippen LogP contribution < -0.4 is 0 Å². The molecule has 3 N–H and O–H groups in total. The van der Waals surface area contributed by atoms with Crippen LogP contribution in [0.1, 0.15) is 36.0 Å². The van der Waals surface area contributed by atoms with Crippen molar-refractivity contribution < 1.29 is 15.3 Å². The Labute approximate surface area is 107 Å². The van der Waals surface area contributed by atoms with Crippen molar-refractivity contribution in [3.63, 3.8) is 0 Å². The van der Waals surface area contributed by atoms with Crippen LogP contribution in [0, 0.1) is 6.92 Å². The Bertz CT molecular complexity index is 481. The summed E-state index contributed by atoms with van der Waals surface area (Å²) in [5.74, 6) is 0.183. The molecular weight excluding hydrogens is 228 g/mol. The average Bonchev–Trinajstić information content (AvgIpc) is 2.34. The molecule has 0 amide bonds. The molecule has 0 aromatic heterocycles. The van der Waals surface area contributed by atoms with E-state index in [1.807, 2.05) is 32.0 Å². The fourth-order valence-corrected chi connectivity index (χ4v) is 2.79. The highest BCUT2D eigenvalue weighted by Crippen LogP contribution is 2.45. The topological polar surface area (TPSA) is 60.7 Å². The van der Waals surface area contributed by atoms with Crippen molar-refractivity contribution in [2.45, 2.75) is 37.9 Å². The van der Waals surface area contributed by atoms with E-state index in [1.54, 1.807) is 0 Å². The maximum Gasteiger partial charge on any atom is 0.139 e. The van der Waals surface area contributed by atoms with Crippen molar-refractivity contribution in [1.29, 1.82) is 0 Å². The Hall–Kier alpha value is -1.16. The van der Waals surface area contributed by atoms with Crippen molar-refractivity contribution in [3.05, 3.63) is 47.0 Å². The van der Waals surface area contributed by atoms with Crippen LogP contribution in [0.15, 0.2) is 30.4 Å². The molecule has 0 aliphatic heterocycles. The third-order valence-corrected chi connectivity index (χ3v) is 3.94. The molecule has 1 aliphatic rings. The maximum absolute atomic E-state index is 10.8. The second-order valence-corrected chi connectivity index (χ2v) is 5.27. The van der Waals surface area contributed by atoms with E-state index in [4.69, 9.17) is 0 Å². The molecule has 18 heavy (non-hydrogen) atoms. The van der Waals surface area contributed by atoms with Crippen LogP contribution in [-0.4, -0.2) is 28.0 Å². The van der Waals surface area contributed by atoms with Gasteiger partial charge in [0.1, 0.15) is 5.60 Å². The zero-order valence-corrected chi connectivity index (χ0v) is 10.8. The van der Waals surface area contributed by atoms with Crippen LogP contribution >= 0.6 is 0 Å². The van der Waals surface area contributed by atoms with Gasteiger partial charge >= 0.3 is 0 Å². The van der Waals surface area contributed by atoms with Crippen molar-refractivity contribution in [2.75, 3.05) is 6.61 Å². The summed E-state index contributed by atoms with van der Waals surface area (Å²) in [6, 6.07) is 5.85. The summed E-state index contributed by atoms with van der Waals surface area (Å²) in [6.45, 7) is 7.34. The van der Waals surface area contributed by atoms with Crippen molar-refractivity contribution >= 4 is 0 Å². The van der Waals surface area contributed by atoms with Gasteiger partial charge < -0.3 is 15.3 Å². The zero-order valence-electron chi connectivity index (χ0n) is 10.8. The van der Waals surface area contributed by atoms with Gasteiger partial charge in [-0.05, 0) is 36.0 Å². The largest absolute Gasteiger partial charge is 0.392 e. The van der Waals surface area contributed by atoms with Gasteiger partial charge in [-0.15, -0.1) is 0 Å². The molecule has 2 rings (SSSR count). The normalized spacial score (nSPS) is 30.9. The SMILES string of the molecule is C=C(CO)C1(O)c2cc(C)ccc2C(C)CC1O. The van der Waals surface area contributed by atoms with E-state index in [0.29, 0.717) is 12.0 Å². The molecule has 0 fully saturated rings. The Balaban J connectivity index is 2.65. The number of benzene rings is 1. The monoisotopic (exact) mass is 248 g/mol. The molecule has 0 radical (unpaired) electrons. The van der Waals surface area contributed by atoms with Gasteiger partial charge in [0.05, 0.1) is 12.7 Å². The van der Waals surface area contributed by atoms with Gasteiger partial charge in [0.15, 0.2) is 0 Å². The Morgan fingerprint density at radius 2 is 2.17 bits per heavy atom. The number of aryl methyl sites for hydroxylation is 1. The molecule has 0 heterocycles. The highest BCUT2D eigenvalue weighted by atomic mass is 16.3. The molecule has 3 heteroatoms. The van der Waals surface area contributed by atoms with E-state index >= 15 is 0 Å². The number of rotatable bonds is 2. The van der Waals surface area contributed by atoms with E-state index in [-0.39, 0.29) is 18.1 Å². The summed E-state index contributed by atoms with van der Waals surface area (Å²) >= 11 is 0. The van der Waals surface area contributed by atoms with E-state index in [0.717, 1.165) is 11.1 Å². The lowest BCUT2D eigenvalue weighted by Crippen LogP contribution is -2.46. The van der Waals surface area contributed by atoms with E-state index in [1.165, 1.54) is 0 Å². The first-order valence-corrected chi connectivity index (χ1v) is 6.21. The minimum atomic E-state index is -1.54. The molecule has 0 saturated carbocycles. The van der Waals surface area contributed by atoms with Crippen LogP contribution in [0.4, 0.5) is 0 Å².